The minimum atomic E-state index is -3.25. The van der Waals surface area contributed by atoms with E-state index >= 15 is 0 Å². The molecule has 0 aliphatic carbocycles. The van der Waals surface area contributed by atoms with Gasteiger partial charge >= 0.3 is 5.97 Å². The number of nitrogens with zero attached hydrogens (tertiary/aromatic N) is 3. The predicted octanol–water partition coefficient (Wildman–Crippen LogP) is 0.127. The van der Waals surface area contributed by atoms with Gasteiger partial charge < -0.3 is 9.67 Å². The van der Waals surface area contributed by atoms with E-state index in [0.717, 1.165) is 18.0 Å². The molecule has 0 atom stereocenters. The van der Waals surface area contributed by atoms with E-state index in [-0.39, 0.29) is 18.2 Å². The number of nitrogens with one attached hydrogen (secondary N) is 1. The molecule has 20 heavy (non-hydrogen) atoms. The van der Waals surface area contributed by atoms with Crippen molar-refractivity contribution in [2.24, 2.45) is 0 Å². The van der Waals surface area contributed by atoms with Gasteiger partial charge in [0.15, 0.2) is 5.16 Å². The van der Waals surface area contributed by atoms with Gasteiger partial charge in [-0.15, -0.1) is 10.2 Å². The van der Waals surface area contributed by atoms with Crippen molar-refractivity contribution in [3.8, 4) is 0 Å². The number of sulfonamides is 1. The average molecular weight is 322 g/mol. The monoisotopic (exact) mass is 322 g/mol. The van der Waals surface area contributed by atoms with E-state index in [1.807, 2.05) is 13.8 Å². The van der Waals surface area contributed by atoms with E-state index in [0.29, 0.717) is 17.5 Å². The third-order valence-electron chi connectivity index (χ3n) is 2.29. The van der Waals surface area contributed by atoms with Crippen molar-refractivity contribution < 1.29 is 18.3 Å². The number of hydrogen-bond acceptors (Lipinski definition) is 6. The number of carboxylic acid groups (broad SMARTS) is 1. The molecule has 1 aromatic rings. The number of carbonyl (C=O) groups is 1. The minimum absolute atomic E-state index is 0.111. The lowest BCUT2D eigenvalue weighted by atomic mass is 10.2. The molecule has 0 aliphatic heterocycles. The number of aliphatic carboxylic acids is 1. The lowest BCUT2D eigenvalue weighted by Crippen LogP contribution is -2.27. The van der Waals surface area contributed by atoms with Crippen LogP contribution in [0.2, 0.25) is 0 Å². The SMILES string of the molecule is CC(C)c1nnc(SCC(=O)O)n1CCNS(C)(=O)=O. The second kappa shape index (κ2) is 7.04. The summed E-state index contributed by atoms with van der Waals surface area (Å²) in [7, 11) is -3.25. The van der Waals surface area contributed by atoms with Crippen LogP contribution < -0.4 is 4.72 Å². The van der Waals surface area contributed by atoms with Gasteiger partial charge in [-0.2, -0.15) is 0 Å². The third kappa shape index (κ3) is 5.47. The lowest BCUT2D eigenvalue weighted by Gasteiger charge is -2.11. The predicted molar refractivity (Wildman–Crippen MR) is 75.3 cm³/mol. The molecule has 0 fully saturated rings. The molecule has 10 heteroatoms. The standard InChI is InChI=1S/C10H18N4O4S2/c1-7(2)9-12-13-10(19-6-8(15)16)14(9)5-4-11-20(3,17)18/h7,11H,4-6H2,1-3H3,(H,15,16). The minimum Gasteiger partial charge on any atom is -0.481 e. The Morgan fingerprint density at radius 2 is 2.10 bits per heavy atom. The van der Waals surface area contributed by atoms with Crippen LogP contribution in [0.15, 0.2) is 5.16 Å². The smallest absolute Gasteiger partial charge is 0.313 e. The van der Waals surface area contributed by atoms with Gasteiger partial charge in [0.25, 0.3) is 0 Å². The van der Waals surface area contributed by atoms with Gasteiger partial charge in [-0.05, 0) is 0 Å². The number of thioether (sulfide) groups is 1. The highest BCUT2D eigenvalue weighted by Crippen LogP contribution is 2.20. The summed E-state index contributed by atoms with van der Waals surface area (Å²) in [5, 5.41) is 17.2. The van der Waals surface area contributed by atoms with E-state index < -0.39 is 16.0 Å². The Bertz CT molecular complexity index is 568. The number of rotatable bonds is 8. The Hall–Kier alpha value is -1.13. The Labute approximate surface area is 122 Å². The van der Waals surface area contributed by atoms with Crippen molar-refractivity contribution >= 4 is 27.8 Å². The quantitative estimate of drug-likeness (QED) is 0.654. The van der Waals surface area contributed by atoms with Crippen molar-refractivity contribution in [1.29, 1.82) is 0 Å². The van der Waals surface area contributed by atoms with Crippen LogP contribution in [-0.2, 0) is 21.4 Å². The van der Waals surface area contributed by atoms with Gasteiger partial charge in [0, 0.05) is 19.0 Å². The zero-order valence-corrected chi connectivity index (χ0v) is 13.2. The zero-order chi connectivity index (χ0) is 15.3. The lowest BCUT2D eigenvalue weighted by molar-refractivity contribution is -0.133. The van der Waals surface area contributed by atoms with Gasteiger partial charge in [0.1, 0.15) is 5.82 Å². The Morgan fingerprint density at radius 1 is 1.45 bits per heavy atom. The Morgan fingerprint density at radius 3 is 2.60 bits per heavy atom. The molecule has 0 aliphatic rings. The first-order valence-corrected chi connectivity index (χ1v) is 8.80. The molecule has 0 saturated heterocycles. The van der Waals surface area contributed by atoms with Gasteiger partial charge in [0.05, 0.1) is 12.0 Å². The highest BCUT2D eigenvalue weighted by molar-refractivity contribution is 7.99. The van der Waals surface area contributed by atoms with Gasteiger partial charge in [0.2, 0.25) is 10.0 Å². The van der Waals surface area contributed by atoms with Crippen LogP contribution in [0.3, 0.4) is 0 Å². The van der Waals surface area contributed by atoms with Crippen LogP contribution in [0.25, 0.3) is 0 Å². The summed E-state index contributed by atoms with van der Waals surface area (Å²) >= 11 is 1.06. The van der Waals surface area contributed by atoms with Gasteiger partial charge in [-0.3, -0.25) is 4.79 Å². The van der Waals surface area contributed by atoms with Crippen LogP contribution in [-0.4, -0.2) is 52.8 Å². The summed E-state index contributed by atoms with van der Waals surface area (Å²) in [6.45, 7) is 4.44. The highest BCUT2D eigenvalue weighted by atomic mass is 32.2. The first-order valence-electron chi connectivity index (χ1n) is 5.93. The molecular weight excluding hydrogens is 304 g/mol. The highest BCUT2D eigenvalue weighted by Gasteiger charge is 2.16. The number of hydrogen-bond donors (Lipinski definition) is 2. The number of carboxylic acids is 1. The van der Waals surface area contributed by atoms with Crippen molar-refractivity contribution in [3.05, 3.63) is 5.82 Å². The summed E-state index contributed by atoms with van der Waals surface area (Å²) in [4.78, 5) is 10.6. The summed E-state index contributed by atoms with van der Waals surface area (Å²) in [5.74, 6) is -0.242. The fraction of sp³-hybridized carbons (Fsp3) is 0.700. The second-order valence-corrected chi connectivity index (χ2v) is 7.27. The maximum Gasteiger partial charge on any atom is 0.313 e. The summed E-state index contributed by atoms with van der Waals surface area (Å²) in [6.07, 6.45) is 1.09. The van der Waals surface area contributed by atoms with Crippen LogP contribution in [0.5, 0.6) is 0 Å². The molecule has 1 heterocycles. The molecule has 0 saturated carbocycles. The topological polar surface area (TPSA) is 114 Å². The molecule has 0 radical (unpaired) electrons. The second-order valence-electron chi connectivity index (χ2n) is 4.50. The summed E-state index contributed by atoms with van der Waals surface area (Å²) < 4.78 is 26.2. The molecule has 0 bridgehead atoms. The molecule has 0 amide bonds. The molecule has 1 rings (SSSR count). The van der Waals surface area contributed by atoms with Gasteiger partial charge in [-0.1, -0.05) is 25.6 Å². The van der Waals surface area contributed by atoms with Crippen LogP contribution >= 0.6 is 11.8 Å². The normalized spacial score (nSPS) is 12.0. The Kier molecular flexibility index (Phi) is 5.96. The maximum absolute atomic E-state index is 11.0. The number of aromatic nitrogens is 3. The first kappa shape index (κ1) is 16.9. The fourth-order valence-corrected chi connectivity index (χ4v) is 2.67. The van der Waals surface area contributed by atoms with Crippen LogP contribution in [0, 0.1) is 0 Å². The van der Waals surface area contributed by atoms with E-state index in [1.165, 1.54) is 0 Å². The average Bonchev–Trinajstić information content (AvgIpc) is 2.68. The van der Waals surface area contributed by atoms with Gasteiger partial charge in [-0.25, -0.2) is 13.1 Å². The largest absolute Gasteiger partial charge is 0.481 e. The van der Waals surface area contributed by atoms with E-state index in [9.17, 15) is 13.2 Å². The molecule has 2 N–H and O–H groups in total. The molecule has 8 nitrogen and oxygen atoms in total. The molecule has 1 aromatic heterocycles. The third-order valence-corrected chi connectivity index (χ3v) is 3.97. The van der Waals surface area contributed by atoms with E-state index in [2.05, 4.69) is 14.9 Å². The van der Waals surface area contributed by atoms with Crippen molar-refractivity contribution in [2.75, 3.05) is 18.6 Å². The summed E-state index contributed by atoms with van der Waals surface area (Å²) in [5.41, 5.74) is 0. The van der Waals surface area contributed by atoms with Crippen molar-refractivity contribution in [2.45, 2.75) is 31.5 Å². The molecular formula is C10H18N4O4S2. The molecule has 0 aromatic carbocycles. The Balaban J connectivity index is 2.82. The fourth-order valence-electron chi connectivity index (χ4n) is 1.51. The first-order chi connectivity index (χ1) is 9.20. The van der Waals surface area contributed by atoms with E-state index in [1.54, 1.807) is 4.57 Å². The van der Waals surface area contributed by atoms with Crippen LogP contribution in [0.4, 0.5) is 0 Å². The van der Waals surface area contributed by atoms with E-state index in [4.69, 9.17) is 5.11 Å². The molecule has 0 unspecified atom stereocenters. The molecule has 0 spiro atoms. The summed E-state index contributed by atoms with van der Waals surface area (Å²) in [6, 6.07) is 0. The van der Waals surface area contributed by atoms with Crippen molar-refractivity contribution in [3.63, 3.8) is 0 Å². The van der Waals surface area contributed by atoms with Crippen molar-refractivity contribution in [1.82, 2.24) is 19.5 Å². The maximum atomic E-state index is 11.0. The molecule has 114 valence electrons. The zero-order valence-electron chi connectivity index (χ0n) is 11.5. The van der Waals surface area contributed by atoms with Crippen LogP contribution in [0.1, 0.15) is 25.6 Å².